The standard InChI is InChI=1S/C19H20O2/c20-15-9-3-8-14-18(16-10-4-1-5-11-16)19(21)17-12-6-2-7-13-17/h1-14,18-21H,15H2/b9-3+,14-8-/t18-,19-/m1/s1. The molecular weight excluding hydrogens is 260 g/mol. The van der Waals surface area contributed by atoms with E-state index in [2.05, 4.69) is 0 Å². The molecule has 0 spiro atoms. The second-order valence-corrected chi connectivity index (χ2v) is 4.79. The third kappa shape index (κ3) is 4.42. The van der Waals surface area contributed by atoms with Gasteiger partial charge >= 0.3 is 0 Å². The molecule has 0 unspecified atom stereocenters. The number of hydrogen-bond acceptors (Lipinski definition) is 2. The van der Waals surface area contributed by atoms with Crippen molar-refractivity contribution in [3.05, 3.63) is 96.1 Å². The Morgan fingerprint density at radius 2 is 1.38 bits per heavy atom. The zero-order valence-corrected chi connectivity index (χ0v) is 11.8. The Hall–Kier alpha value is -2.16. The summed E-state index contributed by atoms with van der Waals surface area (Å²) in [5.41, 5.74) is 1.95. The third-order valence-electron chi connectivity index (χ3n) is 3.34. The van der Waals surface area contributed by atoms with Gasteiger partial charge in [-0.25, -0.2) is 0 Å². The predicted molar refractivity (Wildman–Crippen MR) is 86.0 cm³/mol. The topological polar surface area (TPSA) is 40.5 Å². The largest absolute Gasteiger partial charge is 0.392 e. The van der Waals surface area contributed by atoms with Gasteiger partial charge in [-0.3, -0.25) is 0 Å². The summed E-state index contributed by atoms with van der Waals surface area (Å²) < 4.78 is 0. The van der Waals surface area contributed by atoms with E-state index in [9.17, 15) is 5.11 Å². The molecular formula is C19H20O2. The minimum absolute atomic E-state index is 0.0155. The molecule has 0 aliphatic carbocycles. The molecule has 0 saturated carbocycles. The van der Waals surface area contributed by atoms with E-state index in [0.29, 0.717) is 0 Å². The number of hydrogen-bond donors (Lipinski definition) is 2. The van der Waals surface area contributed by atoms with Gasteiger partial charge in [-0.2, -0.15) is 0 Å². The molecule has 21 heavy (non-hydrogen) atoms. The maximum atomic E-state index is 10.7. The van der Waals surface area contributed by atoms with Crippen molar-refractivity contribution < 1.29 is 10.2 Å². The van der Waals surface area contributed by atoms with Crippen molar-refractivity contribution in [3.63, 3.8) is 0 Å². The van der Waals surface area contributed by atoms with Crippen molar-refractivity contribution >= 4 is 0 Å². The molecule has 2 aromatic carbocycles. The number of aliphatic hydroxyl groups excluding tert-OH is 2. The van der Waals surface area contributed by atoms with E-state index in [1.807, 2.05) is 72.8 Å². The fourth-order valence-electron chi connectivity index (χ4n) is 2.25. The van der Waals surface area contributed by atoms with Crippen LogP contribution >= 0.6 is 0 Å². The first-order chi connectivity index (χ1) is 10.3. The number of aliphatic hydroxyl groups is 2. The van der Waals surface area contributed by atoms with E-state index >= 15 is 0 Å². The molecule has 0 saturated heterocycles. The van der Waals surface area contributed by atoms with Crippen LogP contribution in [0.3, 0.4) is 0 Å². The van der Waals surface area contributed by atoms with Crippen LogP contribution in [0.4, 0.5) is 0 Å². The normalized spacial score (nSPS) is 14.6. The van der Waals surface area contributed by atoms with Gasteiger partial charge in [0.2, 0.25) is 0 Å². The lowest BCUT2D eigenvalue weighted by atomic mass is 9.89. The monoisotopic (exact) mass is 280 g/mol. The molecule has 2 atom stereocenters. The van der Waals surface area contributed by atoms with Crippen molar-refractivity contribution in [2.24, 2.45) is 0 Å². The Bertz CT molecular complexity index is 573. The lowest BCUT2D eigenvalue weighted by Gasteiger charge is -2.20. The Labute approximate surface area is 125 Å². The summed E-state index contributed by atoms with van der Waals surface area (Å²) in [6, 6.07) is 19.6. The average Bonchev–Trinajstić information content (AvgIpc) is 2.56. The molecule has 2 heteroatoms. The second-order valence-electron chi connectivity index (χ2n) is 4.79. The summed E-state index contributed by atoms with van der Waals surface area (Å²) in [5.74, 6) is -0.128. The molecule has 0 aliphatic rings. The smallest absolute Gasteiger partial charge is 0.0893 e. The summed E-state index contributed by atoms with van der Waals surface area (Å²) in [6.45, 7) is 0.0155. The zero-order valence-electron chi connectivity index (χ0n) is 11.8. The lowest BCUT2D eigenvalue weighted by molar-refractivity contribution is 0.162. The van der Waals surface area contributed by atoms with Crippen LogP contribution in [0, 0.1) is 0 Å². The highest BCUT2D eigenvalue weighted by molar-refractivity contribution is 5.31. The maximum Gasteiger partial charge on any atom is 0.0893 e. The number of rotatable bonds is 6. The Morgan fingerprint density at radius 3 is 1.95 bits per heavy atom. The molecule has 0 radical (unpaired) electrons. The van der Waals surface area contributed by atoms with Gasteiger partial charge in [-0.05, 0) is 11.1 Å². The quantitative estimate of drug-likeness (QED) is 0.794. The van der Waals surface area contributed by atoms with Crippen LogP contribution in [0.5, 0.6) is 0 Å². The molecule has 0 amide bonds. The zero-order chi connectivity index (χ0) is 14.9. The lowest BCUT2D eigenvalue weighted by Crippen LogP contribution is -2.08. The summed E-state index contributed by atoms with van der Waals surface area (Å²) in [7, 11) is 0. The third-order valence-corrected chi connectivity index (χ3v) is 3.34. The van der Waals surface area contributed by atoms with E-state index in [4.69, 9.17) is 5.11 Å². The van der Waals surface area contributed by atoms with E-state index in [1.165, 1.54) is 0 Å². The summed E-state index contributed by atoms with van der Waals surface area (Å²) in [5, 5.41) is 19.4. The molecule has 2 rings (SSSR count). The Balaban J connectivity index is 2.27. The van der Waals surface area contributed by atoms with Crippen LogP contribution in [0.2, 0.25) is 0 Å². The SMILES string of the molecule is OC/C=C/C=C\[C@H](c1ccccc1)[C@H](O)c1ccccc1. The van der Waals surface area contributed by atoms with Gasteiger partial charge in [0.25, 0.3) is 0 Å². The van der Waals surface area contributed by atoms with Crippen LogP contribution in [-0.2, 0) is 0 Å². The van der Waals surface area contributed by atoms with Crippen LogP contribution in [-0.4, -0.2) is 16.8 Å². The first-order valence-corrected chi connectivity index (χ1v) is 7.05. The fraction of sp³-hybridized carbons (Fsp3) is 0.158. The maximum absolute atomic E-state index is 10.7. The molecule has 0 aromatic heterocycles. The average molecular weight is 280 g/mol. The minimum atomic E-state index is -0.604. The summed E-state index contributed by atoms with van der Waals surface area (Å²) >= 11 is 0. The highest BCUT2D eigenvalue weighted by Crippen LogP contribution is 2.32. The van der Waals surface area contributed by atoms with Crippen molar-refractivity contribution in [2.75, 3.05) is 6.61 Å². The minimum Gasteiger partial charge on any atom is -0.392 e. The van der Waals surface area contributed by atoms with Crippen LogP contribution in [0.1, 0.15) is 23.1 Å². The molecule has 0 bridgehead atoms. The predicted octanol–water partition coefficient (Wildman–Crippen LogP) is 3.61. The molecule has 0 heterocycles. The molecule has 108 valence electrons. The van der Waals surface area contributed by atoms with E-state index in [1.54, 1.807) is 12.2 Å². The van der Waals surface area contributed by atoms with Gasteiger partial charge in [0, 0.05) is 5.92 Å². The van der Waals surface area contributed by atoms with Gasteiger partial charge in [-0.15, -0.1) is 0 Å². The van der Waals surface area contributed by atoms with Crippen molar-refractivity contribution in [1.29, 1.82) is 0 Å². The van der Waals surface area contributed by atoms with Crippen LogP contribution in [0.25, 0.3) is 0 Å². The number of benzene rings is 2. The van der Waals surface area contributed by atoms with Crippen LogP contribution < -0.4 is 0 Å². The second kappa shape index (κ2) is 8.20. The summed E-state index contributed by atoms with van der Waals surface area (Å²) in [4.78, 5) is 0. The van der Waals surface area contributed by atoms with Gasteiger partial charge in [-0.1, -0.05) is 85.0 Å². The molecule has 2 N–H and O–H groups in total. The molecule has 0 aliphatic heterocycles. The van der Waals surface area contributed by atoms with Crippen molar-refractivity contribution in [1.82, 2.24) is 0 Å². The van der Waals surface area contributed by atoms with E-state index in [-0.39, 0.29) is 12.5 Å². The van der Waals surface area contributed by atoms with Gasteiger partial charge < -0.3 is 10.2 Å². The van der Waals surface area contributed by atoms with E-state index < -0.39 is 6.10 Å². The number of allylic oxidation sites excluding steroid dienone is 2. The highest BCUT2D eigenvalue weighted by Gasteiger charge is 2.19. The van der Waals surface area contributed by atoms with E-state index in [0.717, 1.165) is 11.1 Å². The Morgan fingerprint density at radius 1 is 0.810 bits per heavy atom. The highest BCUT2D eigenvalue weighted by atomic mass is 16.3. The van der Waals surface area contributed by atoms with Crippen LogP contribution in [0.15, 0.2) is 85.0 Å². The fourth-order valence-corrected chi connectivity index (χ4v) is 2.25. The summed E-state index contributed by atoms with van der Waals surface area (Å²) in [6.07, 6.45) is 6.66. The van der Waals surface area contributed by atoms with Gasteiger partial charge in [0.05, 0.1) is 12.7 Å². The Kier molecular flexibility index (Phi) is 5.95. The van der Waals surface area contributed by atoms with Crippen molar-refractivity contribution in [2.45, 2.75) is 12.0 Å². The molecule has 2 nitrogen and oxygen atoms in total. The first kappa shape index (κ1) is 15.2. The molecule has 0 fully saturated rings. The first-order valence-electron chi connectivity index (χ1n) is 7.05. The molecule has 2 aromatic rings. The van der Waals surface area contributed by atoms with Gasteiger partial charge in [0.1, 0.15) is 0 Å². The van der Waals surface area contributed by atoms with Gasteiger partial charge in [0.15, 0.2) is 0 Å². The van der Waals surface area contributed by atoms with Crippen molar-refractivity contribution in [3.8, 4) is 0 Å².